The van der Waals surface area contributed by atoms with E-state index in [1.54, 1.807) is 0 Å². The lowest BCUT2D eigenvalue weighted by Crippen LogP contribution is -2.36. The summed E-state index contributed by atoms with van der Waals surface area (Å²) in [4.78, 5) is 22.5. The SMILES string of the molecule is CC(C)(C)c1nc2c(c(=O)[nH]1)CCN(Cc1ccc3c(c1)CCO3)C2. The van der Waals surface area contributed by atoms with Crippen LogP contribution < -0.4 is 10.3 Å². The Kier molecular flexibility index (Phi) is 3.91. The molecule has 0 atom stereocenters. The standard InChI is InChI=1S/C20H25N3O2/c1-20(2,3)19-21-16-12-23(8-6-15(16)18(24)22-19)11-13-4-5-17-14(10-13)7-9-25-17/h4-5,10H,6-9,11-12H2,1-3H3,(H,21,22,24). The van der Waals surface area contributed by atoms with E-state index >= 15 is 0 Å². The molecule has 1 aromatic carbocycles. The van der Waals surface area contributed by atoms with E-state index < -0.39 is 0 Å². The minimum absolute atomic E-state index is 0.0317. The van der Waals surface area contributed by atoms with Crippen LogP contribution in [0.15, 0.2) is 23.0 Å². The summed E-state index contributed by atoms with van der Waals surface area (Å²) in [5.41, 5.74) is 4.27. The first-order chi connectivity index (χ1) is 11.9. The fourth-order valence-corrected chi connectivity index (χ4v) is 3.58. The molecule has 0 unspecified atom stereocenters. The molecule has 0 fully saturated rings. The molecule has 2 aliphatic heterocycles. The second kappa shape index (κ2) is 5.99. The molecule has 0 spiro atoms. The lowest BCUT2D eigenvalue weighted by Gasteiger charge is -2.29. The Bertz CT molecular complexity index is 864. The number of nitrogens with one attached hydrogen (secondary N) is 1. The van der Waals surface area contributed by atoms with Crippen molar-refractivity contribution in [1.29, 1.82) is 0 Å². The molecule has 2 aromatic rings. The highest BCUT2D eigenvalue weighted by Gasteiger charge is 2.25. The summed E-state index contributed by atoms with van der Waals surface area (Å²) in [5.74, 6) is 1.79. The van der Waals surface area contributed by atoms with E-state index in [0.717, 1.165) is 61.9 Å². The van der Waals surface area contributed by atoms with Gasteiger partial charge in [-0.1, -0.05) is 32.9 Å². The fourth-order valence-electron chi connectivity index (χ4n) is 3.58. The molecule has 2 aliphatic rings. The Hall–Kier alpha value is -2.14. The van der Waals surface area contributed by atoms with Crippen LogP contribution >= 0.6 is 0 Å². The minimum Gasteiger partial charge on any atom is -0.493 e. The van der Waals surface area contributed by atoms with E-state index in [2.05, 4.69) is 48.9 Å². The lowest BCUT2D eigenvalue weighted by atomic mass is 9.95. The van der Waals surface area contributed by atoms with Gasteiger partial charge >= 0.3 is 0 Å². The van der Waals surface area contributed by atoms with Gasteiger partial charge in [-0.2, -0.15) is 0 Å². The number of hydrogen-bond acceptors (Lipinski definition) is 4. The summed E-state index contributed by atoms with van der Waals surface area (Å²) in [6.07, 6.45) is 1.76. The van der Waals surface area contributed by atoms with Gasteiger partial charge < -0.3 is 9.72 Å². The van der Waals surface area contributed by atoms with Crippen LogP contribution in [0.1, 0.15) is 49.0 Å². The molecular formula is C20H25N3O2. The van der Waals surface area contributed by atoms with Crippen molar-refractivity contribution in [2.24, 2.45) is 0 Å². The molecule has 0 saturated heterocycles. The lowest BCUT2D eigenvalue weighted by molar-refractivity contribution is 0.239. The second-order valence-electron chi connectivity index (χ2n) is 8.09. The van der Waals surface area contributed by atoms with Crippen LogP contribution in [-0.4, -0.2) is 28.0 Å². The molecule has 3 heterocycles. The average Bonchev–Trinajstić information content (AvgIpc) is 3.01. The molecule has 4 rings (SSSR count). The third-order valence-corrected chi connectivity index (χ3v) is 5.02. The summed E-state index contributed by atoms with van der Waals surface area (Å²) in [6, 6.07) is 6.48. The summed E-state index contributed by atoms with van der Waals surface area (Å²) in [6.45, 7) is 9.51. The fraction of sp³-hybridized carbons (Fsp3) is 0.500. The Morgan fingerprint density at radius 2 is 2.12 bits per heavy atom. The molecule has 5 nitrogen and oxygen atoms in total. The molecule has 132 valence electrons. The maximum absolute atomic E-state index is 12.4. The minimum atomic E-state index is -0.156. The molecular weight excluding hydrogens is 314 g/mol. The highest BCUT2D eigenvalue weighted by atomic mass is 16.5. The smallest absolute Gasteiger partial charge is 0.254 e. The van der Waals surface area contributed by atoms with Gasteiger partial charge in [0.05, 0.1) is 12.3 Å². The maximum atomic E-state index is 12.4. The van der Waals surface area contributed by atoms with Crippen molar-refractivity contribution in [3.63, 3.8) is 0 Å². The highest BCUT2D eigenvalue weighted by Crippen LogP contribution is 2.27. The zero-order valence-corrected chi connectivity index (χ0v) is 15.2. The topological polar surface area (TPSA) is 58.2 Å². The van der Waals surface area contributed by atoms with Gasteiger partial charge in [0.2, 0.25) is 0 Å². The number of H-pyrrole nitrogens is 1. The summed E-state index contributed by atoms with van der Waals surface area (Å²) in [5, 5.41) is 0. The Labute approximate surface area is 148 Å². The monoisotopic (exact) mass is 339 g/mol. The van der Waals surface area contributed by atoms with Gasteiger partial charge in [-0.15, -0.1) is 0 Å². The third kappa shape index (κ3) is 3.21. The Balaban J connectivity index is 1.56. The van der Waals surface area contributed by atoms with Crippen molar-refractivity contribution in [1.82, 2.24) is 14.9 Å². The van der Waals surface area contributed by atoms with Crippen molar-refractivity contribution < 1.29 is 4.74 Å². The predicted octanol–water partition coefficient (Wildman–Crippen LogP) is 2.56. The molecule has 0 bridgehead atoms. The quantitative estimate of drug-likeness (QED) is 0.913. The molecule has 0 radical (unpaired) electrons. The van der Waals surface area contributed by atoms with E-state index in [1.807, 2.05) is 0 Å². The third-order valence-electron chi connectivity index (χ3n) is 5.02. The van der Waals surface area contributed by atoms with Crippen LogP contribution in [0.4, 0.5) is 0 Å². The van der Waals surface area contributed by atoms with Gasteiger partial charge in [-0.05, 0) is 23.6 Å². The summed E-state index contributed by atoms with van der Waals surface area (Å²) < 4.78 is 5.59. The molecule has 0 amide bonds. The van der Waals surface area contributed by atoms with Crippen molar-refractivity contribution in [3.05, 3.63) is 56.8 Å². The van der Waals surface area contributed by atoms with Crippen LogP contribution in [-0.2, 0) is 31.3 Å². The number of benzene rings is 1. The van der Waals surface area contributed by atoms with Crippen molar-refractivity contribution >= 4 is 0 Å². The summed E-state index contributed by atoms with van der Waals surface area (Å²) >= 11 is 0. The van der Waals surface area contributed by atoms with E-state index in [1.165, 1.54) is 11.1 Å². The van der Waals surface area contributed by atoms with E-state index in [-0.39, 0.29) is 11.0 Å². The van der Waals surface area contributed by atoms with E-state index in [4.69, 9.17) is 9.72 Å². The van der Waals surface area contributed by atoms with Crippen LogP contribution in [0.25, 0.3) is 0 Å². The van der Waals surface area contributed by atoms with Crippen molar-refractivity contribution in [2.45, 2.75) is 52.1 Å². The molecule has 0 aliphatic carbocycles. The van der Waals surface area contributed by atoms with Gasteiger partial charge in [0.25, 0.3) is 5.56 Å². The van der Waals surface area contributed by atoms with Crippen LogP contribution in [0.2, 0.25) is 0 Å². The first-order valence-electron chi connectivity index (χ1n) is 9.00. The van der Waals surface area contributed by atoms with Gasteiger partial charge in [-0.25, -0.2) is 4.98 Å². The first-order valence-corrected chi connectivity index (χ1v) is 9.00. The van der Waals surface area contributed by atoms with Crippen LogP contribution in [0.3, 0.4) is 0 Å². The largest absolute Gasteiger partial charge is 0.493 e. The molecule has 1 N–H and O–H groups in total. The van der Waals surface area contributed by atoms with Crippen molar-refractivity contribution in [3.8, 4) is 5.75 Å². The number of aromatic nitrogens is 2. The van der Waals surface area contributed by atoms with Crippen LogP contribution in [0, 0.1) is 0 Å². The maximum Gasteiger partial charge on any atom is 0.254 e. The van der Waals surface area contributed by atoms with E-state index in [0.29, 0.717) is 0 Å². The number of ether oxygens (including phenoxy) is 1. The average molecular weight is 339 g/mol. The van der Waals surface area contributed by atoms with Crippen LogP contribution in [0.5, 0.6) is 5.75 Å². The Morgan fingerprint density at radius 3 is 2.92 bits per heavy atom. The molecule has 5 heteroatoms. The number of rotatable bonds is 2. The first kappa shape index (κ1) is 16.3. The summed E-state index contributed by atoms with van der Waals surface area (Å²) in [7, 11) is 0. The van der Waals surface area contributed by atoms with Crippen molar-refractivity contribution in [2.75, 3.05) is 13.2 Å². The van der Waals surface area contributed by atoms with Gasteiger partial charge in [-0.3, -0.25) is 9.69 Å². The number of nitrogens with zero attached hydrogens (tertiary/aromatic N) is 2. The van der Waals surface area contributed by atoms with Gasteiger partial charge in [0, 0.05) is 37.0 Å². The predicted molar refractivity (Wildman–Crippen MR) is 97.0 cm³/mol. The van der Waals surface area contributed by atoms with Gasteiger partial charge in [0.1, 0.15) is 11.6 Å². The number of aromatic amines is 1. The van der Waals surface area contributed by atoms with E-state index in [9.17, 15) is 4.79 Å². The molecule has 0 saturated carbocycles. The second-order valence-corrected chi connectivity index (χ2v) is 8.09. The molecule has 25 heavy (non-hydrogen) atoms. The van der Waals surface area contributed by atoms with Gasteiger partial charge in [0.15, 0.2) is 0 Å². The zero-order valence-electron chi connectivity index (χ0n) is 15.2. The zero-order chi connectivity index (χ0) is 17.6. The highest BCUT2D eigenvalue weighted by molar-refractivity contribution is 5.39. The Morgan fingerprint density at radius 1 is 1.28 bits per heavy atom. The normalized spacial score (nSPS) is 17.1. The number of hydrogen-bond donors (Lipinski definition) is 1. The molecule has 1 aromatic heterocycles. The number of fused-ring (bicyclic) bond motifs is 2.